The minimum atomic E-state index is 0.477. The number of rotatable bonds is 6. The molecule has 2 aromatic rings. The van der Waals surface area contributed by atoms with Crippen LogP contribution in [0.4, 0.5) is 0 Å². The molecule has 0 saturated carbocycles. The second-order valence-electron chi connectivity index (χ2n) is 3.85. The van der Waals surface area contributed by atoms with Gasteiger partial charge in [-0.05, 0) is 46.8 Å². The SMILES string of the molecule is CCCNC(Cc1cccs1)c1ccsc1. The predicted molar refractivity (Wildman–Crippen MR) is 73.4 cm³/mol. The van der Waals surface area contributed by atoms with E-state index in [4.69, 9.17) is 0 Å². The predicted octanol–water partition coefficient (Wildman–Crippen LogP) is 4.09. The van der Waals surface area contributed by atoms with Crippen LogP contribution in [0.1, 0.15) is 29.8 Å². The second kappa shape index (κ2) is 6.18. The van der Waals surface area contributed by atoms with Gasteiger partial charge in [-0.3, -0.25) is 0 Å². The molecular weight excluding hydrogens is 234 g/mol. The van der Waals surface area contributed by atoms with Crippen molar-refractivity contribution in [1.29, 1.82) is 0 Å². The summed E-state index contributed by atoms with van der Waals surface area (Å²) in [5.41, 5.74) is 1.42. The van der Waals surface area contributed by atoms with Crippen LogP contribution in [0.5, 0.6) is 0 Å². The first-order chi connectivity index (χ1) is 7.90. The maximum atomic E-state index is 3.62. The van der Waals surface area contributed by atoms with E-state index in [1.165, 1.54) is 16.9 Å². The van der Waals surface area contributed by atoms with Gasteiger partial charge in [-0.15, -0.1) is 11.3 Å². The van der Waals surface area contributed by atoms with Gasteiger partial charge in [-0.25, -0.2) is 0 Å². The van der Waals surface area contributed by atoms with Crippen LogP contribution in [-0.2, 0) is 6.42 Å². The van der Waals surface area contributed by atoms with Crippen LogP contribution < -0.4 is 5.32 Å². The molecule has 1 N–H and O–H groups in total. The van der Waals surface area contributed by atoms with Gasteiger partial charge in [0.15, 0.2) is 0 Å². The second-order valence-corrected chi connectivity index (χ2v) is 5.66. The van der Waals surface area contributed by atoms with Gasteiger partial charge >= 0.3 is 0 Å². The Morgan fingerprint density at radius 3 is 2.88 bits per heavy atom. The van der Waals surface area contributed by atoms with Crippen LogP contribution in [0.25, 0.3) is 0 Å². The monoisotopic (exact) mass is 251 g/mol. The summed E-state index contributed by atoms with van der Waals surface area (Å²) in [4.78, 5) is 1.46. The minimum absolute atomic E-state index is 0.477. The molecule has 1 unspecified atom stereocenters. The zero-order chi connectivity index (χ0) is 11.2. The lowest BCUT2D eigenvalue weighted by atomic mass is 10.1. The molecule has 3 heteroatoms. The van der Waals surface area contributed by atoms with Crippen molar-refractivity contribution in [3.63, 3.8) is 0 Å². The van der Waals surface area contributed by atoms with Crippen LogP contribution in [-0.4, -0.2) is 6.54 Å². The molecule has 0 radical (unpaired) electrons. The van der Waals surface area contributed by atoms with Crippen molar-refractivity contribution in [3.05, 3.63) is 44.8 Å². The average Bonchev–Trinajstić information content (AvgIpc) is 2.96. The number of hydrogen-bond acceptors (Lipinski definition) is 3. The van der Waals surface area contributed by atoms with E-state index in [9.17, 15) is 0 Å². The van der Waals surface area contributed by atoms with Gasteiger partial charge in [0.05, 0.1) is 0 Å². The molecule has 1 atom stereocenters. The Balaban J connectivity index is 2.03. The lowest BCUT2D eigenvalue weighted by molar-refractivity contribution is 0.533. The summed E-state index contributed by atoms with van der Waals surface area (Å²) in [6.45, 7) is 3.30. The maximum Gasteiger partial charge on any atom is 0.0377 e. The molecule has 0 fully saturated rings. The third-order valence-corrected chi connectivity index (χ3v) is 4.17. The van der Waals surface area contributed by atoms with Crippen LogP contribution >= 0.6 is 22.7 Å². The van der Waals surface area contributed by atoms with Crippen LogP contribution in [0, 0.1) is 0 Å². The van der Waals surface area contributed by atoms with Crippen LogP contribution in [0.3, 0.4) is 0 Å². The van der Waals surface area contributed by atoms with Gasteiger partial charge in [0.25, 0.3) is 0 Å². The lowest BCUT2D eigenvalue weighted by Crippen LogP contribution is -2.23. The molecule has 2 rings (SSSR count). The Hall–Kier alpha value is -0.640. The molecule has 0 amide bonds. The van der Waals surface area contributed by atoms with E-state index in [0.717, 1.165) is 13.0 Å². The average molecular weight is 251 g/mol. The molecule has 1 nitrogen and oxygen atoms in total. The first-order valence-corrected chi connectivity index (χ1v) is 7.50. The van der Waals surface area contributed by atoms with Crippen molar-refractivity contribution < 1.29 is 0 Å². The van der Waals surface area contributed by atoms with Gasteiger partial charge in [-0.1, -0.05) is 13.0 Å². The Bertz CT molecular complexity index is 378. The molecule has 2 aromatic heterocycles. The highest BCUT2D eigenvalue weighted by Crippen LogP contribution is 2.23. The molecule has 0 bridgehead atoms. The molecule has 16 heavy (non-hydrogen) atoms. The summed E-state index contributed by atoms with van der Waals surface area (Å²) >= 11 is 3.62. The molecule has 0 aliphatic heterocycles. The smallest absolute Gasteiger partial charge is 0.0377 e. The number of nitrogens with one attached hydrogen (secondary N) is 1. The van der Waals surface area contributed by atoms with Gasteiger partial charge in [0, 0.05) is 17.3 Å². The first kappa shape index (κ1) is 11.8. The van der Waals surface area contributed by atoms with E-state index in [0.29, 0.717) is 6.04 Å². The molecular formula is C13H17NS2. The minimum Gasteiger partial charge on any atom is -0.310 e. The number of hydrogen-bond donors (Lipinski definition) is 1. The first-order valence-electron chi connectivity index (χ1n) is 5.68. The van der Waals surface area contributed by atoms with Gasteiger partial charge in [0.1, 0.15) is 0 Å². The van der Waals surface area contributed by atoms with Crippen molar-refractivity contribution in [2.24, 2.45) is 0 Å². The van der Waals surface area contributed by atoms with Gasteiger partial charge < -0.3 is 5.32 Å². The quantitative estimate of drug-likeness (QED) is 0.815. The highest BCUT2D eigenvalue weighted by molar-refractivity contribution is 7.09. The fraction of sp³-hybridized carbons (Fsp3) is 0.385. The van der Waals surface area contributed by atoms with E-state index in [1.807, 2.05) is 11.3 Å². The van der Waals surface area contributed by atoms with Gasteiger partial charge in [0.2, 0.25) is 0 Å². The van der Waals surface area contributed by atoms with Crippen molar-refractivity contribution in [2.45, 2.75) is 25.8 Å². The Labute approximate surface area is 105 Å². The number of thiophene rings is 2. The Morgan fingerprint density at radius 1 is 1.31 bits per heavy atom. The summed E-state index contributed by atoms with van der Waals surface area (Å²) in [6, 6.07) is 7.05. The lowest BCUT2D eigenvalue weighted by Gasteiger charge is -2.16. The molecule has 0 spiro atoms. The summed E-state index contributed by atoms with van der Waals surface area (Å²) in [6.07, 6.45) is 2.29. The Morgan fingerprint density at radius 2 is 2.25 bits per heavy atom. The third kappa shape index (κ3) is 3.17. The molecule has 0 aromatic carbocycles. The largest absolute Gasteiger partial charge is 0.310 e. The van der Waals surface area contributed by atoms with E-state index in [-0.39, 0.29) is 0 Å². The zero-order valence-corrected chi connectivity index (χ0v) is 11.1. The Kier molecular flexibility index (Phi) is 4.57. The van der Waals surface area contributed by atoms with Crippen molar-refractivity contribution in [2.75, 3.05) is 6.54 Å². The highest BCUT2D eigenvalue weighted by Gasteiger charge is 2.12. The van der Waals surface area contributed by atoms with Crippen molar-refractivity contribution in [1.82, 2.24) is 5.32 Å². The van der Waals surface area contributed by atoms with E-state index < -0.39 is 0 Å². The standard InChI is InChI=1S/C13H17NS2/c1-2-6-14-13(11-5-8-15-10-11)9-12-4-3-7-16-12/h3-5,7-8,10,13-14H,2,6,9H2,1H3. The molecule has 0 aliphatic carbocycles. The molecule has 0 aliphatic rings. The van der Waals surface area contributed by atoms with E-state index in [2.05, 4.69) is 46.6 Å². The maximum absolute atomic E-state index is 3.62. The van der Waals surface area contributed by atoms with Crippen LogP contribution in [0.2, 0.25) is 0 Å². The summed E-state index contributed by atoms with van der Waals surface area (Å²) in [5.74, 6) is 0. The highest BCUT2D eigenvalue weighted by atomic mass is 32.1. The van der Waals surface area contributed by atoms with Crippen molar-refractivity contribution in [3.8, 4) is 0 Å². The summed E-state index contributed by atoms with van der Waals surface area (Å²) in [5, 5.41) is 10.2. The fourth-order valence-electron chi connectivity index (χ4n) is 1.73. The van der Waals surface area contributed by atoms with Crippen molar-refractivity contribution >= 4 is 22.7 Å². The molecule has 86 valence electrons. The van der Waals surface area contributed by atoms with Gasteiger partial charge in [-0.2, -0.15) is 11.3 Å². The molecule has 0 saturated heterocycles. The fourth-order valence-corrected chi connectivity index (χ4v) is 3.20. The van der Waals surface area contributed by atoms with E-state index >= 15 is 0 Å². The third-order valence-electron chi connectivity index (χ3n) is 2.57. The zero-order valence-electron chi connectivity index (χ0n) is 9.48. The van der Waals surface area contributed by atoms with E-state index in [1.54, 1.807) is 11.3 Å². The summed E-state index contributed by atoms with van der Waals surface area (Å²) < 4.78 is 0. The summed E-state index contributed by atoms with van der Waals surface area (Å²) in [7, 11) is 0. The normalized spacial score (nSPS) is 12.8. The molecule has 2 heterocycles. The topological polar surface area (TPSA) is 12.0 Å². The van der Waals surface area contributed by atoms with Crippen LogP contribution in [0.15, 0.2) is 34.3 Å².